The van der Waals surface area contributed by atoms with Gasteiger partial charge in [-0.1, -0.05) is 25.4 Å². The van der Waals surface area contributed by atoms with Gasteiger partial charge in [0.15, 0.2) is 0 Å². The van der Waals surface area contributed by atoms with E-state index in [0.717, 1.165) is 37.2 Å². The van der Waals surface area contributed by atoms with Crippen molar-refractivity contribution in [3.63, 3.8) is 0 Å². The number of halogens is 1. The SMILES string of the molecule is CC1(C)CCCN(c2cc(Cl)ccc2C(=N)N)CC1. The molecule has 0 atom stereocenters. The summed E-state index contributed by atoms with van der Waals surface area (Å²) >= 11 is 6.10. The van der Waals surface area contributed by atoms with E-state index in [4.69, 9.17) is 22.7 Å². The maximum Gasteiger partial charge on any atom is 0.124 e. The summed E-state index contributed by atoms with van der Waals surface area (Å²) in [5.41, 5.74) is 7.85. The number of nitrogen functional groups attached to an aromatic ring is 1. The zero-order valence-electron chi connectivity index (χ0n) is 11.7. The second-order valence-corrected chi connectivity index (χ2v) is 6.52. The van der Waals surface area contributed by atoms with E-state index in [2.05, 4.69) is 18.7 Å². The fourth-order valence-corrected chi connectivity index (χ4v) is 2.82. The van der Waals surface area contributed by atoms with Crippen LogP contribution in [0.3, 0.4) is 0 Å². The predicted molar refractivity (Wildman–Crippen MR) is 82.3 cm³/mol. The monoisotopic (exact) mass is 279 g/mol. The first kappa shape index (κ1) is 14.2. The maximum absolute atomic E-state index is 7.71. The standard InChI is InChI=1S/C15H22ClN3/c1-15(2)6-3-8-19(9-7-15)13-10-11(16)4-5-12(13)14(17)18/h4-5,10H,3,6-9H2,1-2H3,(H3,17,18). The second kappa shape index (κ2) is 5.41. The largest absolute Gasteiger partial charge is 0.384 e. The molecule has 0 bridgehead atoms. The average Bonchev–Trinajstić information content (AvgIpc) is 2.49. The Labute approximate surface area is 120 Å². The van der Waals surface area contributed by atoms with E-state index in [9.17, 15) is 0 Å². The minimum atomic E-state index is 0.107. The van der Waals surface area contributed by atoms with Gasteiger partial charge in [-0.25, -0.2) is 0 Å². The Morgan fingerprint density at radius 1 is 1.32 bits per heavy atom. The summed E-state index contributed by atoms with van der Waals surface area (Å²) in [6.45, 7) is 6.64. The summed E-state index contributed by atoms with van der Waals surface area (Å²) in [7, 11) is 0. The molecule has 4 heteroatoms. The Hall–Kier alpha value is -1.22. The fraction of sp³-hybridized carbons (Fsp3) is 0.533. The molecule has 0 unspecified atom stereocenters. The Morgan fingerprint density at radius 2 is 2.05 bits per heavy atom. The van der Waals surface area contributed by atoms with Gasteiger partial charge in [-0.3, -0.25) is 5.41 Å². The third-order valence-electron chi connectivity index (χ3n) is 3.93. The quantitative estimate of drug-likeness (QED) is 0.641. The lowest BCUT2D eigenvalue weighted by Gasteiger charge is -2.26. The molecule has 1 aromatic rings. The van der Waals surface area contributed by atoms with E-state index in [1.54, 1.807) is 6.07 Å². The molecule has 0 spiro atoms. The first-order valence-electron chi connectivity index (χ1n) is 6.78. The van der Waals surface area contributed by atoms with Crippen LogP contribution >= 0.6 is 11.6 Å². The van der Waals surface area contributed by atoms with Crippen molar-refractivity contribution in [2.45, 2.75) is 33.1 Å². The highest BCUT2D eigenvalue weighted by atomic mass is 35.5. The number of nitrogens with zero attached hydrogens (tertiary/aromatic N) is 1. The number of nitrogens with one attached hydrogen (secondary N) is 1. The van der Waals surface area contributed by atoms with Gasteiger partial charge in [0.2, 0.25) is 0 Å². The van der Waals surface area contributed by atoms with Gasteiger partial charge in [-0.2, -0.15) is 0 Å². The van der Waals surface area contributed by atoms with Gasteiger partial charge >= 0.3 is 0 Å². The lowest BCUT2D eigenvalue weighted by molar-refractivity contribution is 0.325. The molecule has 0 amide bonds. The zero-order valence-corrected chi connectivity index (χ0v) is 12.4. The molecule has 0 aromatic heterocycles. The number of rotatable bonds is 2. The molecule has 0 saturated carbocycles. The topological polar surface area (TPSA) is 53.1 Å². The van der Waals surface area contributed by atoms with Crippen LogP contribution in [0.1, 0.15) is 38.7 Å². The number of hydrogen-bond acceptors (Lipinski definition) is 2. The molecular weight excluding hydrogens is 258 g/mol. The van der Waals surface area contributed by atoms with E-state index in [0.29, 0.717) is 10.4 Å². The molecule has 2 rings (SSSR count). The van der Waals surface area contributed by atoms with E-state index < -0.39 is 0 Å². The lowest BCUT2D eigenvalue weighted by atomic mass is 9.85. The number of anilines is 1. The molecule has 0 aliphatic carbocycles. The van der Waals surface area contributed by atoms with Gasteiger partial charge < -0.3 is 10.6 Å². The zero-order chi connectivity index (χ0) is 14.0. The molecule has 1 fully saturated rings. The van der Waals surface area contributed by atoms with Crippen LogP contribution in [-0.2, 0) is 0 Å². The second-order valence-electron chi connectivity index (χ2n) is 6.08. The summed E-state index contributed by atoms with van der Waals surface area (Å²) in [6, 6.07) is 5.57. The Bertz CT molecular complexity index is 482. The Morgan fingerprint density at radius 3 is 2.74 bits per heavy atom. The molecule has 1 saturated heterocycles. The summed E-state index contributed by atoms with van der Waals surface area (Å²) in [4.78, 5) is 2.32. The van der Waals surface area contributed by atoms with Crippen LogP contribution in [0, 0.1) is 10.8 Å². The van der Waals surface area contributed by atoms with Crippen molar-refractivity contribution in [1.29, 1.82) is 5.41 Å². The fourth-order valence-electron chi connectivity index (χ4n) is 2.66. The maximum atomic E-state index is 7.71. The van der Waals surface area contributed by atoms with Gasteiger partial charge in [0.05, 0.1) is 0 Å². The number of nitrogens with two attached hydrogens (primary N) is 1. The van der Waals surface area contributed by atoms with Crippen LogP contribution in [0.15, 0.2) is 18.2 Å². The Kier molecular flexibility index (Phi) is 4.04. The van der Waals surface area contributed by atoms with Gasteiger partial charge in [0, 0.05) is 29.4 Å². The van der Waals surface area contributed by atoms with Crippen LogP contribution in [-0.4, -0.2) is 18.9 Å². The highest BCUT2D eigenvalue weighted by molar-refractivity contribution is 6.31. The minimum absolute atomic E-state index is 0.107. The third kappa shape index (κ3) is 3.41. The molecule has 19 heavy (non-hydrogen) atoms. The normalized spacial score (nSPS) is 19.0. The molecule has 1 aromatic carbocycles. The van der Waals surface area contributed by atoms with Gasteiger partial charge in [0.1, 0.15) is 5.84 Å². The molecule has 104 valence electrons. The smallest absolute Gasteiger partial charge is 0.124 e. The number of benzene rings is 1. The van der Waals surface area contributed by atoms with Crippen LogP contribution in [0.5, 0.6) is 0 Å². The highest BCUT2D eigenvalue weighted by Crippen LogP contribution is 2.33. The van der Waals surface area contributed by atoms with Crippen LogP contribution in [0.25, 0.3) is 0 Å². The lowest BCUT2D eigenvalue weighted by Crippen LogP contribution is -2.28. The van der Waals surface area contributed by atoms with Gasteiger partial charge in [-0.15, -0.1) is 0 Å². The van der Waals surface area contributed by atoms with Crippen LogP contribution in [0.4, 0.5) is 5.69 Å². The predicted octanol–water partition coefficient (Wildman–Crippen LogP) is 3.64. The van der Waals surface area contributed by atoms with Gasteiger partial charge in [-0.05, 0) is 42.9 Å². The number of amidine groups is 1. The summed E-state index contributed by atoms with van der Waals surface area (Å²) in [6.07, 6.45) is 3.55. The molecule has 3 N–H and O–H groups in total. The van der Waals surface area contributed by atoms with E-state index in [1.165, 1.54) is 6.42 Å². The third-order valence-corrected chi connectivity index (χ3v) is 4.17. The van der Waals surface area contributed by atoms with Crippen molar-refractivity contribution in [3.8, 4) is 0 Å². The van der Waals surface area contributed by atoms with E-state index >= 15 is 0 Å². The minimum Gasteiger partial charge on any atom is -0.384 e. The van der Waals surface area contributed by atoms with Crippen molar-refractivity contribution in [2.75, 3.05) is 18.0 Å². The molecule has 1 aliphatic heterocycles. The van der Waals surface area contributed by atoms with Crippen molar-refractivity contribution >= 4 is 23.1 Å². The molecule has 3 nitrogen and oxygen atoms in total. The summed E-state index contributed by atoms with van der Waals surface area (Å²) in [5, 5.41) is 8.40. The average molecular weight is 280 g/mol. The number of hydrogen-bond donors (Lipinski definition) is 2. The molecule has 0 radical (unpaired) electrons. The van der Waals surface area contributed by atoms with Crippen molar-refractivity contribution in [1.82, 2.24) is 0 Å². The van der Waals surface area contributed by atoms with Crippen molar-refractivity contribution in [3.05, 3.63) is 28.8 Å². The van der Waals surface area contributed by atoms with Crippen molar-refractivity contribution in [2.24, 2.45) is 11.1 Å². The van der Waals surface area contributed by atoms with E-state index in [-0.39, 0.29) is 5.84 Å². The first-order chi connectivity index (χ1) is 8.89. The highest BCUT2D eigenvalue weighted by Gasteiger charge is 2.24. The summed E-state index contributed by atoms with van der Waals surface area (Å²) < 4.78 is 0. The van der Waals surface area contributed by atoms with E-state index in [1.807, 2.05) is 12.1 Å². The first-order valence-corrected chi connectivity index (χ1v) is 7.16. The molecule has 1 heterocycles. The van der Waals surface area contributed by atoms with Crippen LogP contribution < -0.4 is 10.6 Å². The molecular formula is C15H22ClN3. The van der Waals surface area contributed by atoms with Crippen molar-refractivity contribution < 1.29 is 0 Å². The molecule has 1 aliphatic rings. The Balaban J connectivity index is 2.30. The van der Waals surface area contributed by atoms with Gasteiger partial charge in [0.25, 0.3) is 0 Å². The van der Waals surface area contributed by atoms with Crippen LogP contribution in [0.2, 0.25) is 5.02 Å². The summed E-state index contributed by atoms with van der Waals surface area (Å²) in [5.74, 6) is 0.107.